The van der Waals surface area contributed by atoms with Crippen LogP contribution in [0, 0.1) is 13.8 Å². The molecule has 1 aliphatic heterocycles. The van der Waals surface area contributed by atoms with Gasteiger partial charge in [-0.15, -0.1) is 0 Å². The number of amides is 1. The Kier molecular flexibility index (Phi) is 3.57. The molecule has 0 aromatic heterocycles. The molecule has 1 fully saturated rings. The molecule has 1 amide bonds. The zero-order valence-corrected chi connectivity index (χ0v) is 11.4. The van der Waals surface area contributed by atoms with Gasteiger partial charge in [-0.25, -0.2) is 0 Å². The van der Waals surface area contributed by atoms with Crippen LogP contribution < -0.4 is 15.0 Å². The molecule has 1 aliphatic rings. The third-order valence-corrected chi connectivity index (χ3v) is 3.43. The van der Waals surface area contributed by atoms with Crippen LogP contribution in [0.5, 0.6) is 5.75 Å². The summed E-state index contributed by atoms with van der Waals surface area (Å²) >= 11 is 0. The van der Waals surface area contributed by atoms with E-state index in [1.54, 1.807) is 7.11 Å². The zero-order valence-electron chi connectivity index (χ0n) is 11.4. The summed E-state index contributed by atoms with van der Waals surface area (Å²) in [6.07, 6.45) is 0.548. The number of nitrogens with zero attached hydrogens (tertiary/aromatic N) is 1. The Morgan fingerprint density at radius 3 is 2.67 bits per heavy atom. The van der Waals surface area contributed by atoms with Crippen LogP contribution in [0.15, 0.2) is 12.1 Å². The number of rotatable bonds is 3. The average Bonchev–Trinajstić information content (AvgIpc) is 2.69. The third-order valence-electron chi connectivity index (χ3n) is 3.43. The lowest BCUT2D eigenvalue weighted by atomic mass is 10.1. The summed E-state index contributed by atoms with van der Waals surface area (Å²) in [6, 6.07) is 4.31. The first kappa shape index (κ1) is 12.9. The van der Waals surface area contributed by atoms with Crippen LogP contribution in [0.1, 0.15) is 17.5 Å². The maximum atomic E-state index is 12.1. The quantitative estimate of drug-likeness (QED) is 0.884. The van der Waals surface area contributed by atoms with Crippen molar-refractivity contribution in [2.24, 2.45) is 0 Å². The number of methoxy groups -OCH3 is 1. The minimum absolute atomic E-state index is 0.151. The molecule has 1 aromatic carbocycles. The number of anilines is 1. The second kappa shape index (κ2) is 4.98. The monoisotopic (exact) mass is 248 g/mol. The molecule has 0 bridgehead atoms. The SMILES string of the molecule is CNC1CC(=O)N(c2cc(C)cc(C)c2OC)C1. The lowest BCUT2D eigenvalue weighted by Gasteiger charge is -2.21. The maximum absolute atomic E-state index is 12.1. The van der Waals surface area contributed by atoms with Gasteiger partial charge in [-0.05, 0) is 38.1 Å². The summed E-state index contributed by atoms with van der Waals surface area (Å²) in [5.74, 6) is 0.948. The van der Waals surface area contributed by atoms with Gasteiger partial charge in [0.05, 0.1) is 12.8 Å². The summed E-state index contributed by atoms with van der Waals surface area (Å²) in [6.45, 7) is 4.74. The zero-order chi connectivity index (χ0) is 13.3. The normalized spacial score (nSPS) is 19.4. The highest BCUT2D eigenvalue weighted by molar-refractivity contribution is 5.98. The van der Waals surface area contributed by atoms with Crippen molar-refractivity contribution in [3.05, 3.63) is 23.3 Å². The minimum Gasteiger partial charge on any atom is -0.494 e. The van der Waals surface area contributed by atoms with Gasteiger partial charge in [0.2, 0.25) is 5.91 Å². The number of hydrogen-bond acceptors (Lipinski definition) is 3. The van der Waals surface area contributed by atoms with Gasteiger partial charge < -0.3 is 15.0 Å². The van der Waals surface area contributed by atoms with Crippen molar-refractivity contribution in [2.75, 3.05) is 25.6 Å². The van der Waals surface area contributed by atoms with Crippen molar-refractivity contribution < 1.29 is 9.53 Å². The standard InChI is InChI=1S/C14H20N2O2/c1-9-5-10(2)14(18-4)12(6-9)16-8-11(15-3)7-13(16)17/h5-6,11,15H,7-8H2,1-4H3. The molecule has 1 aromatic rings. The van der Waals surface area contributed by atoms with Crippen molar-refractivity contribution in [3.8, 4) is 5.75 Å². The maximum Gasteiger partial charge on any atom is 0.228 e. The summed E-state index contributed by atoms with van der Waals surface area (Å²) < 4.78 is 5.45. The number of aryl methyl sites for hydroxylation is 2. The highest BCUT2D eigenvalue weighted by Gasteiger charge is 2.31. The smallest absolute Gasteiger partial charge is 0.228 e. The van der Waals surface area contributed by atoms with Gasteiger partial charge >= 0.3 is 0 Å². The Morgan fingerprint density at radius 2 is 2.11 bits per heavy atom. The summed E-state index contributed by atoms with van der Waals surface area (Å²) in [5.41, 5.74) is 3.09. The number of ether oxygens (including phenoxy) is 1. The lowest BCUT2D eigenvalue weighted by Crippen LogP contribution is -2.30. The van der Waals surface area contributed by atoms with E-state index < -0.39 is 0 Å². The van der Waals surface area contributed by atoms with E-state index in [2.05, 4.69) is 11.4 Å². The van der Waals surface area contributed by atoms with Crippen LogP contribution in [0.3, 0.4) is 0 Å². The number of hydrogen-bond donors (Lipinski definition) is 1. The van der Waals surface area contributed by atoms with Gasteiger partial charge in [-0.3, -0.25) is 4.79 Å². The van der Waals surface area contributed by atoms with Crippen LogP contribution in [-0.4, -0.2) is 32.7 Å². The summed E-state index contributed by atoms with van der Waals surface area (Å²) in [4.78, 5) is 13.9. The molecule has 98 valence electrons. The minimum atomic E-state index is 0.151. The molecule has 2 rings (SSSR count). The van der Waals surface area contributed by atoms with E-state index in [9.17, 15) is 4.79 Å². The first-order valence-electron chi connectivity index (χ1n) is 6.19. The second-order valence-corrected chi connectivity index (χ2v) is 4.83. The highest BCUT2D eigenvalue weighted by Crippen LogP contribution is 2.35. The number of likely N-dealkylation sites (N-methyl/N-ethyl adjacent to an activating group) is 1. The molecule has 1 saturated heterocycles. The van der Waals surface area contributed by atoms with Gasteiger partial charge in [0.1, 0.15) is 5.75 Å². The Bertz CT molecular complexity index is 471. The van der Waals surface area contributed by atoms with Gasteiger partial charge in [0.15, 0.2) is 0 Å². The van der Waals surface area contributed by atoms with Crippen molar-refractivity contribution in [3.63, 3.8) is 0 Å². The largest absolute Gasteiger partial charge is 0.494 e. The Labute approximate surface area is 108 Å². The van der Waals surface area contributed by atoms with E-state index in [0.717, 1.165) is 22.6 Å². The molecule has 0 radical (unpaired) electrons. The van der Waals surface area contributed by atoms with E-state index in [-0.39, 0.29) is 11.9 Å². The first-order valence-corrected chi connectivity index (χ1v) is 6.19. The number of carbonyl (C=O) groups excluding carboxylic acids is 1. The third kappa shape index (κ3) is 2.20. The summed E-state index contributed by atoms with van der Waals surface area (Å²) in [7, 11) is 3.54. The molecular formula is C14H20N2O2. The molecular weight excluding hydrogens is 228 g/mol. The van der Waals surface area contributed by atoms with E-state index >= 15 is 0 Å². The second-order valence-electron chi connectivity index (χ2n) is 4.83. The Hall–Kier alpha value is -1.55. The van der Waals surface area contributed by atoms with Crippen LogP contribution in [-0.2, 0) is 4.79 Å². The van der Waals surface area contributed by atoms with Crippen molar-refractivity contribution >= 4 is 11.6 Å². The molecule has 0 spiro atoms. The van der Waals surface area contributed by atoms with Crippen molar-refractivity contribution in [1.82, 2.24) is 5.32 Å². The van der Waals surface area contributed by atoms with Crippen LogP contribution >= 0.6 is 0 Å². The van der Waals surface area contributed by atoms with Crippen molar-refractivity contribution in [2.45, 2.75) is 26.3 Å². The number of carbonyl (C=O) groups is 1. The van der Waals surface area contributed by atoms with Gasteiger partial charge in [0.25, 0.3) is 0 Å². The number of benzene rings is 1. The molecule has 1 unspecified atom stereocenters. The molecule has 1 N–H and O–H groups in total. The number of nitrogens with one attached hydrogen (secondary N) is 1. The van der Waals surface area contributed by atoms with E-state index in [1.165, 1.54) is 0 Å². The van der Waals surface area contributed by atoms with Crippen molar-refractivity contribution in [1.29, 1.82) is 0 Å². The lowest BCUT2D eigenvalue weighted by molar-refractivity contribution is -0.117. The average molecular weight is 248 g/mol. The molecule has 18 heavy (non-hydrogen) atoms. The topological polar surface area (TPSA) is 41.6 Å². The molecule has 1 atom stereocenters. The Morgan fingerprint density at radius 1 is 1.39 bits per heavy atom. The molecule has 1 heterocycles. The fourth-order valence-corrected chi connectivity index (χ4v) is 2.53. The van der Waals surface area contributed by atoms with Crippen LogP contribution in [0.4, 0.5) is 5.69 Å². The predicted molar refractivity (Wildman–Crippen MR) is 72.3 cm³/mol. The summed E-state index contributed by atoms with van der Waals surface area (Å²) in [5, 5.41) is 3.16. The molecule has 4 nitrogen and oxygen atoms in total. The predicted octanol–water partition coefficient (Wildman–Crippen LogP) is 1.64. The van der Waals surface area contributed by atoms with E-state index in [4.69, 9.17) is 4.74 Å². The van der Waals surface area contributed by atoms with Crippen LogP contribution in [0.25, 0.3) is 0 Å². The molecule has 4 heteroatoms. The molecule has 0 saturated carbocycles. The first-order chi connectivity index (χ1) is 8.56. The Balaban J connectivity index is 2.41. The fraction of sp³-hybridized carbons (Fsp3) is 0.500. The highest BCUT2D eigenvalue weighted by atomic mass is 16.5. The van der Waals surface area contributed by atoms with Crippen LogP contribution in [0.2, 0.25) is 0 Å². The van der Waals surface area contributed by atoms with E-state index in [0.29, 0.717) is 13.0 Å². The fourth-order valence-electron chi connectivity index (χ4n) is 2.53. The van der Waals surface area contributed by atoms with E-state index in [1.807, 2.05) is 31.9 Å². The molecule has 0 aliphatic carbocycles. The van der Waals surface area contributed by atoms with Gasteiger partial charge in [0, 0.05) is 19.0 Å². The van der Waals surface area contributed by atoms with Gasteiger partial charge in [-0.2, -0.15) is 0 Å². The van der Waals surface area contributed by atoms with Gasteiger partial charge in [-0.1, -0.05) is 6.07 Å².